The molecule has 1 aromatic carbocycles. The van der Waals surface area contributed by atoms with Crippen LogP contribution >= 0.6 is 0 Å². The van der Waals surface area contributed by atoms with Crippen LogP contribution in [0.5, 0.6) is 5.75 Å². The van der Waals surface area contributed by atoms with E-state index in [1.165, 1.54) is 7.11 Å². The normalized spacial score (nSPS) is 13.1. The third-order valence-corrected chi connectivity index (χ3v) is 3.29. The molecule has 0 bridgehead atoms. The average Bonchev–Trinajstić information content (AvgIpc) is 2.51. The van der Waals surface area contributed by atoms with Crippen LogP contribution in [0.2, 0.25) is 0 Å². The zero-order valence-electron chi connectivity index (χ0n) is 12.9. The summed E-state index contributed by atoms with van der Waals surface area (Å²) in [7, 11) is 1.30. The highest BCUT2D eigenvalue weighted by atomic mass is 16.6. The first kappa shape index (κ1) is 17.0. The van der Waals surface area contributed by atoms with Gasteiger partial charge in [-0.25, -0.2) is 4.79 Å². The Morgan fingerprint density at radius 2 is 1.86 bits per heavy atom. The first-order valence-corrected chi connectivity index (χ1v) is 6.97. The van der Waals surface area contributed by atoms with Crippen molar-refractivity contribution in [3.05, 3.63) is 29.8 Å². The van der Waals surface area contributed by atoms with E-state index >= 15 is 0 Å². The summed E-state index contributed by atoms with van der Waals surface area (Å²) in [5, 5.41) is 0. The van der Waals surface area contributed by atoms with Crippen LogP contribution in [0, 0.1) is 5.92 Å². The Morgan fingerprint density at radius 3 is 2.48 bits per heavy atom. The summed E-state index contributed by atoms with van der Waals surface area (Å²) < 4.78 is 15.2. The second-order valence-corrected chi connectivity index (χ2v) is 4.76. The third-order valence-electron chi connectivity index (χ3n) is 3.29. The molecule has 0 N–H and O–H groups in total. The molecule has 0 amide bonds. The summed E-state index contributed by atoms with van der Waals surface area (Å²) in [6, 6.07) is 7.53. The highest BCUT2D eigenvalue weighted by molar-refractivity contribution is 5.74. The lowest BCUT2D eigenvalue weighted by Gasteiger charge is -2.18. The SMILES string of the molecule is CCc1ccccc1OCC(=O)O[C@H](C)[C@@H](C)C(=O)OC. The molecule has 0 fully saturated rings. The minimum atomic E-state index is -0.560. The average molecular weight is 294 g/mol. The number of hydrogen-bond acceptors (Lipinski definition) is 5. The zero-order valence-corrected chi connectivity index (χ0v) is 12.9. The van der Waals surface area contributed by atoms with Gasteiger partial charge in [0, 0.05) is 0 Å². The molecule has 0 radical (unpaired) electrons. The molecular weight excluding hydrogens is 272 g/mol. The molecule has 5 heteroatoms. The fourth-order valence-electron chi connectivity index (χ4n) is 1.79. The number of methoxy groups -OCH3 is 1. The largest absolute Gasteiger partial charge is 0.482 e. The summed E-state index contributed by atoms with van der Waals surface area (Å²) in [5.41, 5.74) is 1.03. The minimum absolute atomic E-state index is 0.185. The number of carbonyl (C=O) groups is 2. The Kier molecular flexibility index (Phi) is 6.72. The Balaban J connectivity index is 2.49. The summed E-state index contributed by atoms with van der Waals surface area (Å²) in [4.78, 5) is 23.1. The van der Waals surface area contributed by atoms with Gasteiger partial charge in [0.25, 0.3) is 0 Å². The highest BCUT2D eigenvalue weighted by Crippen LogP contribution is 2.18. The number of aryl methyl sites for hydroxylation is 1. The first-order valence-electron chi connectivity index (χ1n) is 6.97. The van der Waals surface area contributed by atoms with Gasteiger partial charge in [0.1, 0.15) is 11.9 Å². The van der Waals surface area contributed by atoms with Crippen LogP contribution in [-0.4, -0.2) is 31.8 Å². The predicted octanol–water partition coefficient (Wildman–Crippen LogP) is 2.37. The molecule has 0 aliphatic heterocycles. The van der Waals surface area contributed by atoms with Gasteiger partial charge in [-0.2, -0.15) is 0 Å². The lowest BCUT2D eigenvalue weighted by atomic mass is 10.1. The number of ether oxygens (including phenoxy) is 3. The Hall–Kier alpha value is -2.04. The summed E-state index contributed by atoms with van der Waals surface area (Å²) >= 11 is 0. The van der Waals surface area contributed by atoms with Crippen LogP contribution < -0.4 is 4.74 Å². The van der Waals surface area contributed by atoms with Crippen molar-refractivity contribution in [3.8, 4) is 5.75 Å². The van der Waals surface area contributed by atoms with Gasteiger partial charge in [0.15, 0.2) is 6.61 Å². The second kappa shape index (κ2) is 8.29. The Labute approximate surface area is 125 Å². The van der Waals surface area contributed by atoms with E-state index in [0.29, 0.717) is 5.75 Å². The van der Waals surface area contributed by atoms with Crippen LogP contribution in [0.15, 0.2) is 24.3 Å². The van der Waals surface area contributed by atoms with Gasteiger partial charge in [-0.1, -0.05) is 25.1 Å². The van der Waals surface area contributed by atoms with Crippen molar-refractivity contribution >= 4 is 11.9 Å². The molecule has 1 aromatic rings. The lowest BCUT2D eigenvalue weighted by molar-refractivity contribution is -0.159. The molecule has 0 saturated heterocycles. The number of para-hydroxylation sites is 1. The van der Waals surface area contributed by atoms with Crippen molar-refractivity contribution in [2.24, 2.45) is 5.92 Å². The van der Waals surface area contributed by atoms with E-state index in [2.05, 4.69) is 4.74 Å². The van der Waals surface area contributed by atoms with E-state index in [-0.39, 0.29) is 6.61 Å². The maximum atomic E-state index is 11.7. The predicted molar refractivity (Wildman–Crippen MR) is 78.0 cm³/mol. The van der Waals surface area contributed by atoms with E-state index in [4.69, 9.17) is 9.47 Å². The van der Waals surface area contributed by atoms with Gasteiger partial charge < -0.3 is 14.2 Å². The number of esters is 2. The van der Waals surface area contributed by atoms with Crippen molar-refractivity contribution in [3.63, 3.8) is 0 Å². The molecule has 5 nitrogen and oxygen atoms in total. The van der Waals surface area contributed by atoms with E-state index in [1.54, 1.807) is 13.8 Å². The topological polar surface area (TPSA) is 61.8 Å². The van der Waals surface area contributed by atoms with Crippen molar-refractivity contribution < 1.29 is 23.8 Å². The van der Waals surface area contributed by atoms with Gasteiger partial charge in [-0.15, -0.1) is 0 Å². The number of hydrogen-bond donors (Lipinski definition) is 0. The van der Waals surface area contributed by atoms with E-state index in [1.807, 2.05) is 31.2 Å². The monoisotopic (exact) mass is 294 g/mol. The maximum absolute atomic E-state index is 11.7. The van der Waals surface area contributed by atoms with Crippen LogP contribution in [0.4, 0.5) is 0 Å². The number of carbonyl (C=O) groups excluding carboxylic acids is 2. The molecule has 0 spiro atoms. The van der Waals surface area contributed by atoms with E-state index in [9.17, 15) is 9.59 Å². The standard InChI is InChI=1S/C16H22O5/c1-5-13-8-6-7-9-14(13)20-10-15(17)21-12(3)11(2)16(18)19-4/h6-9,11-12H,5,10H2,1-4H3/t11-,12-/m1/s1. The van der Waals surface area contributed by atoms with E-state index in [0.717, 1.165) is 12.0 Å². The quantitative estimate of drug-likeness (QED) is 0.722. The highest BCUT2D eigenvalue weighted by Gasteiger charge is 2.24. The van der Waals surface area contributed by atoms with Gasteiger partial charge in [-0.05, 0) is 31.9 Å². The second-order valence-electron chi connectivity index (χ2n) is 4.76. The smallest absolute Gasteiger partial charge is 0.344 e. The molecular formula is C16H22O5. The Bertz CT molecular complexity index is 483. The van der Waals surface area contributed by atoms with Crippen LogP contribution in [0.3, 0.4) is 0 Å². The minimum Gasteiger partial charge on any atom is -0.482 e. The lowest BCUT2D eigenvalue weighted by Crippen LogP contribution is -2.30. The fraction of sp³-hybridized carbons (Fsp3) is 0.500. The van der Waals surface area contributed by atoms with Crippen LogP contribution in [0.1, 0.15) is 26.3 Å². The van der Waals surface area contributed by atoms with Gasteiger partial charge >= 0.3 is 11.9 Å². The van der Waals surface area contributed by atoms with Crippen molar-refractivity contribution in [1.29, 1.82) is 0 Å². The van der Waals surface area contributed by atoms with Crippen LogP contribution in [0.25, 0.3) is 0 Å². The maximum Gasteiger partial charge on any atom is 0.344 e. The molecule has 21 heavy (non-hydrogen) atoms. The molecule has 0 aromatic heterocycles. The third kappa shape index (κ3) is 5.10. The van der Waals surface area contributed by atoms with Crippen molar-refractivity contribution in [1.82, 2.24) is 0 Å². The fourth-order valence-corrected chi connectivity index (χ4v) is 1.79. The van der Waals surface area contributed by atoms with Gasteiger partial charge in [-0.3, -0.25) is 4.79 Å². The molecule has 0 heterocycles. The summed E-state index contributed by atoms with van der Waals surface area (Å²) in [5.74, 6) is -0.760. The number of rotatable bonds is 7. The van der Waals surface area contributed by atoms with Crippen molar-refractivity contribution in [2.45, 2.75) is 33.3 Å². The molecule has 0 aliphatic carbocycles. The van der Waals surface area contributed by atoms with Gasteiger partial charge in [0.2, 0.25) is 0 Å². The molecule has 1 rings (SSSR count). The molecule has 0 unspecified atom stereocenters. The van der Waals surface area contributed by atoms with Crippen molar-refractivity contribution in [2.75, 3.05) is 13.7 Å². The Morgan fingerprint density at radius 1 is 1.19 bits per heavy atom. The molecule has 2 atom stereocenters. The summed E-state index contributed by atoms with van der Waals surface area (Å²) in [6.07, 6.45) is 0.260. The van der Waals surface area contributed by atoms with Gasteiger partial charge in [0.05, 0.1) is 13.0 Å². The zero-order chi connectivity index (χ0) is 15.8. The van der Waals surface area contributed by atoms with Crippen LogP contribution in [-0.2, 0) is 25.5 Å². The summed E-state index contributed by atoms with van der Waals surface area (Å²) in [6.45, 7) is 5.13. The number of benzene rings is 1. The first-order chi connectivity index (χ1) is 9.99. The van der Waals surface area contributed by atoms with E-state index < -0.39 is 24.0 Å². The molecule has 0 saturated carbocycles. The molecule has 116 valence electrons. The molecule has 0 aliphatic rings.